The minimum absolute atomic E-state index is 0.279. The summed E-state index contributed by atoms with van der Waals surface area (Å²) < 4.78 is 21.2. The van der Waals surface area contributed by atoms with E-state index in [1.807, 2.05) is 12.3 Å². The Kier molecular flexibility index (Phi) is 7.45. The Morgan fingerprint density at radius 2 is 1.90 bits per heavy atom. The van der Waals surface area contributed by atoms with Crippen molar-refractivity contribution in [1.29, 1.82) is 0 Å². The number of carbonyl (C=O) groups excluding carboxylic acids is 2. The minimum Gasteiger partial charge on any atom is -0.497 e. The van der Waals surface area contributed by atoms with E-state index in [2.05, 4.69) is 10.3 Å². The first-order valence-electron chi connectivity index (χ1n) is 9.31. The van der Waals surface area contributed by atoms with Crippen LogP contribution in [-0.4, -0.2) is 37.7 Å². The monoisotopic (exact) mass is 442 g/mol. The van der Waals surface area contributed by atoms with Gasteiger partial charge in [-0.3, -0.25) is 4.79 Å². The van der Waals surface area contributed by atoms with Gasteiger partial charge in [-0.05, 0) is 37.3 Å². The Morgan fingerprint density at radius 1 is 1.06 bits per heavy atom. The van der Waals surface area contributed by atoms with Crippen LogP contribution in [-0.2, 0) is 16.1 Å². The topological polar surface area (TPSA) is 96.0 Å². The van der Waals surface area contributed by atoms with Crippen molar-refractivity contribution in [2.24, 2.45) is 0 Å². The molecule has 0 bridgehead atoms. The van der Waals surface area contributed by atoms with Crippen molar-refractivity contribution in [1.82, 2.24) is 4.98 Å². The fourth-order valence-electron chi connectivity index (χ4n) is 2.65. The quantitative estimate of drug-likeness (QED) is 0.503. The van der Waals surface area contributed by atoms with Crippen LogP contribution in [0.3, 0.4) is 0 Å². The summed E-state index contributed by atoms with van der Waals surface area (Å²) in [6, 6.07) is 11.5. The highest BCUT2D eigenvalue weighted by atomic mass is 32.1. The maximum Gasteiger partial charge on any atom is 0.338 e. The van der Waals surface area contributed by atoms with Crippen LogP contribution in [0.5, 0.6) is 17.2 Å². The Hall–Kier alpha value is -3.59. The van der Waals surface area contributed by atoms with Crippen LogP contribution in [0.25, 0.3) is 0 Å². The van der Waals surface area contributed by atoms with E-state index in [-0.39, 0.29) is 5.56 Å². The molecule has 1 aromatic heterocycles. The van der Waals surface area contributed by atoms with Gasteiger partial charge in [-0.2, -0.15) is 0 Å². The summed E-state index contributed by atoms with van der Waals surface area (Å²) in [5, 5.41) is 5.52. The Bertz CT molecular complexity index is 1070. The molecule has 0 radical (unpaired) electrons. The summed E-state index contributed by atoms with van der Waals surface area (Å²) in [7, 11) is 3.02. The Labute approximate surface area is 183 Å². The molecule has 0 atom stereocenters. The lowest BCUT2D eigenvalue weighted by Gasteiger charge is -2.12. The molecule has 0 aliphatic heterocycles. The number of hydrogen-bond acceptors (Lipinski definition) is 8. The number of hydrogen-bond donors (Lipinski definition) is 1. The van der Waals surface area contributed by atoms with Gasteiger partial charge in [0.25, 0.3) is 5.91 Å². The number of nitrogens with one attached hydrogen (secondary N) is 1. The lowest BCUT2D eigenvalue weighted by Crippen LogP contribution is -2.21. The summed E-state index contributed by atoms with van der Waals surface area (Å²) in [6.45, 7) is 1.78. The second-order valence-corrected chi connectivity index (χ2v) is 7.43. The van der Waals surface area contributed by atoms with E-state index < -0.39 is 18.5 Å². The van der Waals surface area contributed by atoms with Crippen LogP contribution in [0.15, 0.2) is 47.8 Å². The van der Waals surface area contributed by atoms with E-state index >= 15 is 0 Å². The maximum atomic E-state index is 12.3. The predicted molar refractivity (Wildman–Crippen MR) is 116 cm³/mol. The number of methoxy groups -OCH3 is 2. The largest absolute Gasteiger partial charge is 0.497 e. The highest BCUT2D eigenvalue weighted by molar-refractivity contribution is 7.09. The molecule has 31 heavy (non-hydrogen) atoms. The zero-order valence-corrected chi connectivity index (χ0v) is 18.2. The number of anilines is 1. The fourth-order valence-corrected chi connectivity index (χ4v) is 3.24. The summed E-state index contributed by atoms with van der Waals surface area (Å²) in [6.07, 6.45) is 0. The van der Waals surface area contributed by atoms with Crippen molar-refractivity contribution >= 4 is 28.9 Å². The second-order valence-electron chi connectivity index (χ2n) is 6.36. The van der Waals surface area contributed by atoms with Crippen LogP contribution < -0.4 is 19.5 Å². The molecule has 0 spiro atoms. The highest BCUT2D eigenvalue weighted by Gasteiger charge is 2.13. The number of esters is 1. The Balaban J connectivity index is 1.53. The lowest BCUT2D eigenvalue weighted by molar-refractivity contribution is -0.119. The molecular formula is C22H22N2O6S. The normalized spacial score (nSPS) is 10.3. The molecular weight excluding hydrogens is 420 g/mol. The molecule has 9 heteroatoms. The first-order valence-corrected chi connectivity index (χ1v) is 10.2. The number of nitrogens with zero attached hydrogens (tertiary/aromatic N) is 1. The molecule has 0 unspecified atom stereocenters. The molecule has 3 aromatic rings. The number of ether oxygens (including phenoxy) is 4. The van der Waals surface area contributed by atoms with E-state index in [9.17, 15) is 9.59 Å². The highest BCUT2D eigenvalue weighted by Crippen LogP contribution is 2.29. The predicted octanol–water partition coefficient (Wildman–Crippen LogP) is 3.84. The third kappa shape index (κ3) is 6.19. The standard InChI is InChI=1S/C22H22N2O6S/c1-14-23-16(13-31-14)11-29-18-6-4-5-15(9-18)22(26)30-12-21(25)24-19-8-7-17(27-2)10-20(19)28-3/h4-10,13H,11-12H2,1-3H3,(H,24,25). The van der Waals surface area contributed by atoms with Crippen molar-refractivity contribution in [2.45, 2.75) is 13.5 Å². The summed E-state index contributed by atoms with van der Waals surface area (Å²) in [4.78, 5) is 28.9. The maximum absolute atomic E-state index is 12.3. The van der Waals surface area contributed by atoms with Gasteiger partial charge in [0.2, 0.25) is 0 Å². The fraction of sp³-hybridized carbons (Fsp3) is 0.227. The van der Waals surface area contributed by atoms with Crippen molar-refractivity contribution in [3.05, 3.63) is 64.1 Å². The molecule has 0 saturated carbocycles. The molecule has 1 amide bonds. The van der Waals surface area contributed by atoms with E-state index in [1.165, 1.54) is 14.2 Å². The zero-order chi connectivity index (χ0) is 22.2. The third-order valence-electron chi connectivity index (χ3n) is 4.14. The number of aryl methyl sites for hydroxylation is 1. The van der Waals surface area contributed by atoms with Crippen LogP contribution in [0, 0.1) is 6.92 Å². The molecule has 1 N–H and O–H groups in total. The van der Waals surface area contributed by atoms with Gasteiger partial charge in [0, 0.05) is 11.4 Å². The minimum atomic E-state index is -0.633. The van der Waals surface area contributed by atoms with Crippen LogP contribution >= 0.6 is 11.3 Å². The average molecular weight is 442 g/mol. The van der Waals surface area contributed by atoms with Crippen LogP contribution in [0.4, 0.5) is 5.69 Å². The molecule has 0 aliphatic carbocycles. The van der Waals surface area contributed by atoms with E-state index in [0.29, 0.717) is 29.5 Å². The third-order valence-corrected chi connectivity index (χ3v) is 4.96. The molecule has 8 nitrogen and oxygen atoms in total. The second kappa shape index (κ2) is 10.4. The summed E-state index contributed by atoms with van der Waals surface area (Å²) in [5.74, 6) is 0.398. The molecule has 3 rings (SSSR count). The van der Waals surface area contributed by atoms with Gasteiger partial charge >= 0.3 is 5.97 Å². The number of thiazole rings is 1. The number of benzene rings is 2. The number of rotatable bonds is 9. The molecule has 162 valence electrons. The van der Waals surface area contributed by atoms with Gasteiger partial charge in [-0.25, -0.2) is 9.78 Å². The summed E-state index contributed by atoms with van der Waals surface area (Å²) >= 11 is 1.54. The first-order chi connectivity index (χ1) is 15.0. The molecule has 0 aliphatic rings. The average Bonchev–Trinajstić information content (AvgIpc) is 3.21. The lowest BCUT2D eigenvalue weighted by atomic mass is 10.2. The van der Waals surface area contributed by atoms with E-state index in [4.69, 9.17) is 18.9 Å². The van der Waals surface area contributed by atoms with Gasteiger partial charge < -0.3 is 24.3 Å². The summed E-state index contributed by atoms with van der Waals surface area (Å²) in [5.41, 5.74) is 1.54. The zero-order valence-electron chi connectivity index (χ0n) is 17.3. The van der Waals surface area contributed by atoms with Gasteiger partial charge in [0.15, 0.2) is 6.61 Å². The van der Waals surface area contributed by atoms with Crippen molar-refractivity contribution in [3.8, 4) is 17.2 Å². The van der Waals surface area contributed by atoms with E-state index in [0.717, 1.165) is 10.7 Å². The number of amides is 1. The number of aromatic nitrogens is 1. The smallest absolute Gasteiger partial charge is 0.338 e. The molecule has 2 aromatic carbocycles. The number of carbonyl (C=O) groups is 2. The van der Waals surface area contributed by atoms with Crippen LogP contribution in [0.1, 0.15) is 21.1 Å². The van der Waals surface area contributed by atoms with Gasteiger partial charge in [0.05, 0.1) is 36.2 Å². The first kappa shape index (κ1) is 22.1. The van der Waals surface area contributed by atoms with Crippen LogP contribution in [0.2, 0.25) is 0 Å². The van der Waals surface area contributed by atoms with Gasteiger partial charge in [0.1, 0.15) is 23.9 Å². The molecule has 0 saturated heterocycles. The SMILES string of the molecule is COc1ccc(NC(=O)COC(=O)c2cccc(OCc3csc(C)n3)c2)c(OC)c1. The van der Waals surface area contributed by atoms with Crippen molar-refractivity contribution in [2.75, 3.05) is 26.1 Å². The van der Waals surface area contributed by atoms with E-state index in [1.54, 1.807) is 53.8 Å². The van der Waals surface area contributed by atoms with Gasteiger partial charge in [-0.15, -0.1) is 11.3 Å². The van der Waals surface area contributed by atoms with Gasteiger partial charge in [-0.1, -0.05) is 6.07 Å². The molecule has 0 fully saturated rings. The van der Waals surface area contributed by atoms with Crippen molar-refractivity contribution < 1.29 is 28.5 Å². The molecule has 1 heterocycles. The van der Waals surface area contributed by atoms with Crippen molar-refractivity contribution in [3.63, 3.8) is 0 Å². The Morgan fingerprint density at radius 3 is 2.61 bits per heavy atom.